The Bertz CT molecular complexity index is 370. The van der Waals surface area contributed by atoms with E-state index in [1.807, 2.05) is 0 Å². The molecule has 0 aliphatic heterocycles. The number of hydrogen-bond acceptors (Lipinski definition) is 2. The fourth-order valence-electron chi connectivity index (χ4n) is 1.01. The van der Waals surface area contributed by atoms with Crippen molar-refractivity contribution in [1.82, 2.24) is 0 Å². The molecule has 0 radical (unpaired) electrons. The molecular formula is C11H11FO2. The van der Waals surface area contributed by atoms with Crippen molar-refractivity contribution in [3.8, 4) is 5.75 Å². The molecule has 74 valence electrons. The molecule has 14 heavy (non-hydrogen) atoms. The van der Waals surface area contributed by atoms with Gasteiger partial charge >= 0.3 is 0 Å². The van der Waals surface area contributed by atoms with E-state index in [0.717, 1.165) is 0 Å². The van der Waals surface area contributed by atoms with Crippen LogP contribution >= 0.6 is 0 Å². The summed E-state index contributed by atoms with van der Waals surface area (Å²) in [7, 11) is 1.47. The lowest BCUT2D eigenvalue weighted by molar-refractivity contribution is -0.112. The molecule has 3 heteroatoms. The summed E-state index contributed by atoms with van der Waals surface area (Å²) in [6.07, 6.45) is 2.93. The molecule has 1 aromatic rings. The Morgan fingerprint density at radius 3 is 2.71 bits per heavy atom. The maximum absolute atomic E-state index is 12.9. The molecular weight excluding hydrogens is 183 g/mol. The second kappa shape index (κ2) is 4.56. The van der Waals surface area contributed by atoms with Gasteiger partial charge < -0.3 is 4.74 Å². The van der Waals surface area contributed by atoms with E-state index in [1.165, 1.54) is 32.2 Å². The number of rotatable bonds is 3. The van der Waals surface area contributed by atoms with Crippen molar-refractivity contribution >= 4 is 11.9 Å². The first-order chi connectivity index (χ1) is 6.61. The Balaban J connectivity index is 2.97. The van der Waals surface area contributed by atoms with E-state index < -0.39 is 0 Å². The van der Waals surface area contributed by atoms with Crippen LogP contribution in [0.15, 0.2) is 24.3 Å². The first-order valence-corrected chi connectivity index (χ1v) is 4.15. The van der Waals surface area contributed by atoms with Gasteiger partial charge in [0.25, 0.3) is 0 Å². The molecule has 0 amide bonds. The molecule has 1 rings (SSSR count). The van der Waals surface area contributed by atoms with Crippen LogP contribution in [0.5, 0.6) is 5.75 Å². The van der Waals surface area contributed by atoms with E-state index in [2.05, 4.69) is 0 Å². The summed E-state index contributed by atoms with van der Waals surface area (Å²) in [6.45, 7) is 1.44. The van der Waals surface area contributed by atoms with Crippen molar-refractivity contribution in [3.63, 3.8) is 0 Å². The predicted octanol–water partition coefficient (Wildman–Crippen LogP) is 2.44. The molecule has 1 aromatic carbocycles. The molecule has 0 heterocycles. The zero-order valence-corrected chi connectivity index (χ0v) is 8.08. The highest BCUT2D eigenvalue weighted by atomic mass is 19.1. The van der Waals surface area contributed by atoms with Crippen molar-refractivity contribution in [1.29, 1.82) is 0 Å². The Morgan fingerprint density at radius 2 is 2.14 bits per heavy atom. The van der Waals surface area contributed by atoms with E-state index in [9.17, 15) is 9.18 Å². The van der Waals surface area contributed by atoms with E-state index in [-0.39, 0.29) is 11.6 Å². The molecule has 0 atom stereocenters. The highest BCUT2D eigenvalue weighted by molar-refractivity contribution is 5.91. The van der Waals surface area contributed by atoms with Crippen LogP contribution in [-0.4, -0.2) is 12.9 Å². The summed E-state index contributed by atoms with van der Waals surface area (Å²) in [6, 6.07) is 4.27. The van der Waals surface area contributed by atoms with Crippen molar-refractivity contribution < 1.29 is 13.9 Å². The van der Waals surface area contributed by atoms with Gasteiger partial charge in [-0.15, -0.1) is 0 Å². The van der Waals surface area contributed by atoms with E-state index in [1.54, 1.807) is 12.1 Å². The number of benzene rings is 1. The van der Waals surface area contributed by atoms with Crippen LogP contribution in [0.1, 0.15) is 12.5 Å². The highest BCUT2D eigenvalue weighted by Crippen LogP contribution is 2.16. The number of allylic oxidation sites excluding steroid dienone is 1. The lowest BCUT2D eigenvalue weighted by Gasteiger charge is -2.01. The number of methoxy groups -OCH3 is 1. The van der Waals surface area contributed by atoms with Crippen LogP contribution in [-0.2, 0) is 4.79 Å². The van der Waals surface area contributed by atoms with Crippen molar-refractivity contribution in [3.05, 3.63) is 35.7 Å². The number of carbonyl (C=O) groups excluding carboxylic acids is 1. The SMILES string of the molecule is COc1cc(F)cc(/C=C/C(C)=O)c1. The van der Waals surface area contributed by atoms with E-state index in [4.69, 9.17) is 4.74 Å². The largest absolute Gasteiger partial charge is 0.497 e. The van der Waals surface area contributed by atoms with Gasteiger partial charge in [-0.2, -0.15) is 0 Å². The van der Waals surface area contributed by atoms with Crippen LogP contribution in [0.2, 0.25) is 0 Å². The molecule has 0 aromatic heterocycles. The fraction of sp³-hybridized carbons (Fsp3) is 0.182. The maximum atomic E-state index is 12.9. The number of carbonyl (C=O) groups is 1. The molecule has 0 bridgehead atoms. The maximum Gasteiger partial charge on any atom is 0.152 e. The third kappa shape index (κ3) is 3.01. The van der Waals surface area contributed by atoms with Gasteiger partial charge in [0.05, 0.1) is 7.11 Å². The first kappa shape index (κ1) is 10.4. The van der Waals surface area contributed by atoms with Crippen LogP contribution in [0.3, 0.4) is 0 Å². The Labute approximate surface area is 82.0 Å². The second-order valence-electron chi connectivity index (χ2n) is 2.87. The molecule has 2 nitrogen and oxygen atoms in total. The fourth-order valence-corrected chi connectivity index (χ4v) is 1.01. The standard InChI is InChI=1S/C11H11FO2/c1-8(13)3-4-9-5-10(12)7-11(6-9)14-2/h3-7H,1-2H3/b4-3+. The summed E-state index contributed by atoms with van der Waals surface area (Å²) in [5, 5.41) is 0. The summed E-state index contributed by atoms with van der Waals surface area (Å²) < 4.78 is 17.8. The first-order valence-electron chi connectivity index (χ1n) is 4.15. The van der Waals surface area contributed by atoms with Gasteiger partial charge in [-0.3, -0.25) is 4.79 Å². The topological polar surface area (TPSA) is 26.3 Å². The number of ketones is 1. The minimum Gasteiger partial charge on any atom is -0.497 e. The zero-order chi connectivity index (χ0) is 10.6. The quantitative estimate of drug-likeness (QED) is 0.691. The predicted molar refractivity (Wildman–Crippen MR) is 52.7 cm³/mol. The van der Waals surface area contributed by atoms with Gasteiger partial charge in [-0.1, -0.05) is 6.08 Å². The zero-order valence-electron chi connectivity index (χ0n) is 8.08. The highest BCUT2D eigenvalue weighted by Gasteiger charge is 1.98. The van der Waals surface area contributed by atoms with Crippen molar-refractivity contribution in [2.24, 2.45) is 0 Å². The van der Waals surface area contributed by atoms with Gasteiger partial charge in [-0.25, -0.2) is 4.39 Å². The van der Waals surface area contributed by atoms with E-state index in [0.29, 0.717) is 11.3 Å². The average Bonchev–Trinajstić information content (AvgIpc) is 2.14. The summed E-state index contributed by atoms with van der Waals surface area (Å²) in [4.78, 5) is 10.6. The molecule has 0 aliphatic rings. The summed E-state index contributed by atoms with van der Waals surface area (Å²) in [5.74, 6) is -0.0195. The smallest absolute Gasteiger partial charge is 0.152 e. The van der Waals surface area contributed by atoms with Crippen LogP contribution in [0.25, 0.3) is 6.08 Å². The van der Waals surface area contributed by atoms with Crippen LogP contribution < -0.4 is 4.74 Å². The molecule has 0 unspecified atom stereocenters. The van der Waals surface area contributed by atoms with Crippen LogP contribution in [0, 0.1) is 5.82 Å². The molecule has 0 fully saturated rings. The number of halogens is 1. The third-order valence-corrected chi connectivity index (χ3v) is 1.64. The third-order valence-electron chi connectivity index (χ3n) is 1.64. The van der Waals surface area contributed by atoms with E-state index >= 15 is 0 Å². The van der Waals surface area contributed by atoms with Gasteiger partial charge in [-0.05, 0) is 30.7 Å². The molecule has 0 aliphatic carbocycles. The lowest BCUT2D eigenvalue weighted by atomic mass is 10.2. The molecule has 0 saturated carbocycles. The normalized spacial score (nSPS) is 10.5. The lowest BCUT2D eigenvalue weighted by Crippen LogP contribution is -1.86. The van der Waals surface area contributed by atoms with Crippen LogP contribution in [0.4, 0.5) is 4.39 Å². The minimum absolute atomic E-state index is 0.0757. The Hall–Kier alpha value is -1.64. The Kier molecular flexibility index (Phi) is 3.40. The minimum atomic E-state index is -0.382. The number of ether oxygens (including phenoxy) is 1. The second-order valence-corrected chi connectivity index (χ2v) is 2.87. The molecule has 0 N–H and O–H groups in total. The van der Waals surface area contributed by atoms with Crippen molar-refractivity contribution in [2.75, 3.05) is 7.11 Å². The average molecular weight is 194 g/mol. The number of hydrogen-bond donors (Lipinski definition) is 0. The molecule has 0 saturated heterocycles. The molecule has 0 spiro atoms. The summed E-state index contributed by atoms with van der Waals surface area (Å²) in [5.41, 5.74) is 0.608. The summed E-state index contributed by atoms with van der Waals surface area (Å²) >= 11 is 0. The van der Waals surface area contributed by atoms with Gasteiger partial charge in [0.1, 0.15) is 11.6 Å². The van der Waals surface area contributed by atoms with Gasteiger partial charge in [0, 0.05) is 6.07 Å². The Morgan fingerprint density at radius 1 is 1.43 bits per heavy atom. The van der Waals surface area contributed by atoms with Gasteiger partial charge in [0.15, 0.2) is 5.78 Å². The van der Waals surface area contributed by atoms with Gasteiger partial charge in [0.2, 0.25) is 0 Å². The monoisotopic (exact) mass is 194 g/mol. The van der Waals surface area contributed by atoms with Crippen molar-refractivity contribution in [2.45, 2.75) is 6.92 Å².